The first-order valence-corrected chi connectivity index (χ1v) is 24.6. The molecule has 1 saturated heterocycles. The molecule has 4 N–H and O–H groups in total. The normalized spacial score (nSPS) is 17.6. The summed E-state index contributed by atoms with van der Waals surface area (Å²) in [4.78, 5) is 79.9. The van der Waals surface area contributed by atoms with Crippen LogP contribution in [0.1, 0.15) is 107 Å². The first-order chi connectivity index (χ1) is 31.8. The van der Waals surface area contributed by atoms with Gasteiger partial charge in [-0.05, 0) is 80.8 Å². The lowest BCUT2D eigenvalue weighted by Gasteiger charge is -2.41. The highest BCUT2D eigenvalue weighted by Crippen LogP contribution is 2.31. The Hall–Kier alpha value is -4.90. The summed E-state index contributed by atoms with van der Waals surface area (Å²) in [5, 5.41) is 21.0. The van der Waals surface area contributed by atoms with E-state index in [1.165, 1.54) is 11.3 Å². The summed E-state index contributed by atoms with van der Waals surface area (Å²) >= 11 is 1.30. The number of ether oxygens (including phenoxy) is 2. The Labute approximate surface area is 402 Å². The number of hydrogen-bond donors (Lipinski definition) is 4. The van der Waals surface area contributed by atoms with E-state index in [1.54, 1.807) is 48.6 Å². The van der Waals surface area contributed by atoms with E-state index in [0.29, 0.717) is 37.4 Å². The molecule has 3 aromatic rings. The highest BCUT2D eigenvalue weighted by molar-refractivity contribution is 7.09. The Bertz CT molecular complexity index is 2040. The van der Waals surface area contributed by atoms with E-state index in [2.05, 4.69) is 16.0 Å². The van der Waals surface area contributed by atoms with Gasteiger partial charge in [-0.2, -0.15) is 0 Å². The molecule has 0 aliphatic carbocycles. The lowest BCUT2D eigenvalue weighted by molar-refractivity contribution is -0.148. The SMILES string of the molecule is CC[C@H](C)[C@@H]([C@@H](CC(=O)N1CCC[C@H]1[C@H](OC)[C@@H](C)C(=O)N[C@@H](Cc1ccccc1)c1nc(C(=O)NCCc2ccc(O)cc2)cs1)OC)N(C)C(=O)[C@@H](NC(=O)C(C(C)C)N(C)C)C(C)C. The van der Waals surface area contributed by atoms with Crippen molar-refractivity contribution >= 4 is 40.9 Å². The maximum atomic E-state index is 14.5. The van der Waals surface area contributed by atoms with Crippen LogP contribution in [0.4, 0.5) is 0 Å². The summed E-state index contributed by atoms with van der Waals surface area (Å²) in [7, 11) is 8.57. The third-order valence-corrected chi connectivity index (χ3v) is 14.2. The van der Waals surface area contributed by atoms with Crippen LogP contribution in [0.15, 0.2) is 60.0 Å². The summed E-state index contributed by atoms with van der Waals surface area (Å²) in [5.41, 5.74) is 2.21. The fourth-order valence-electron chi connectivity index (χ4n) is 9.39. The van der Waals surface area contributed by atoms with Crippen molar-refractivity contribution in [3.63, 3.8) is 0 Å². The number of thiazole rings is 1. The standard InChI is InChI=1S/C51H77N7O8S/c1-13-33(6)45(57(10)51(64)43(31(2)3)55-49(63)44(32(4)5)56(8)9)41(65-11)29-42(60)58-27-17-20-40(58)46(66-12)34(7)47(61)53-38(28-36-18-15-14-16-19-36)50-54-39(30-67-50)48(62)52-26-25-35-21-23-37(59)24-22-35/h14-16,18-19,21-24,30-34,38,40-41,43-46,59H,13,17,20,25-29H2,1-12H3,(H,52,62)(H,53,61)(H,55,63)/t33-,34+,38-,40-,41+,43-,44?,45-,46+/m0/s1. The third-order valence-electron chi connectivity index (χ3n) is 13.2. The number of aromatic hydroxyl groups is 1. The number of nitrogens with zero attached hydrogens (tertiary/aromatic N) is 4. The lowest BCUT2D eigenvalue weighted by atomic mass is 9.89. The molecule has 370 valence electrons. The number of aromatic nitrogens is 1. The molecule has 16 heteroatoms. The van der Waals surface area contributed by atoms with Crippen LogP contribution in [0.3, 0.4) is 0 Å². The van der Waals surface area contributed by atoms with Gasteiger partial charge < -0.3 is 40.3 Å². The molecular formula is C51H77N7O8S. The van der Waals surface area contributed by atoms with E-state index in [-0.39, 0.29) is 65.2 Å². The molecular weight excluding hydrogens is 871 g/mol. The number of methoxy groups -OCH3 is 2. The van der Waals surface area contributed by atoms with Crippen molar-refractivity contribution < 1.29 is 38.6 Å². The summed E-state index contributed by atoms with van der Waals surface area (Å²) in [5.74, 6) is -1.91. The summed E-state index contributed by atoms with van der Waals surface area (Å²) in [6.07, 6.45) is 1.81. The molecule has 0 spiro atoms. The average Bonchev–Trinajstić information content (AvgIpc) is 4.00. The van der Waals surface area contributed by atoms with Crippen LogP contribution >= 0.6 is 11.3 Å². The van der Waals surface area contributed by atoms with Crippen molar-refractivity contribution in [3.8, 4) is 5.75 Å². The van der Waals surface area contributed by atoms with Crippen LogP contribution in [0.5, 0.6) is 5.75 Å². The van der Waals surface area contributed by atoms with E-state index in [1.807, 2.05) is 110 Å². The zero-order valence-electron chi connectivity index (χ0n) is 41.8. The molecule has 2 heterocycles. The molecule has 1 unspecified atom stereocenters. The minimum absolute atomic E-state index is 0.00130. The monoisotopic (exact) mass is 948 g/mol. The second-order valence-corrected chi connectivity index (χ2v) is 19.9. The van der Waals surface area contributed by atoms with Gasteiger partial charge in [0.2, 0.25) is 23.6 Å². The summed E-state index contributed by atoms with van der Waals surface area (Å²) in [6, 6.07) is 14.0. The summed E-state index contributed by atoms with van der Waals surface area (Å²) < 4.78 is 12.2. The Morgan fingerprint density at radius 1 is 0.881 bits per heavy atom. The molecule has 0 bridgehead atoms. The molecule has 5 amide bonds. The van der Waals surface area contributed by atoms with Gasteiger partial charge in [0, 0.05) is 39.7 Å². The van der Waals surface area contributed by atoms with E-state index < -0.39 is 48.3 Å². The number of likely N-dealkylation sites (N-methyl/N-ethyl adjacent to an activating group) is 2. The van der Waals surface area contributed by atoms with Crippen LogP contribution in [0, 0.1) is 23.7 Å². The Morgan fingerprint density at radius 3 is 2.13 bits per heavy atom. The lowest BCUT2D eigenvalue weighted by Crippen LogP contribution is -2.59. The van der Waals surface area contributed by atoms with Crippen molar-refractivity contribution in [1.82, 2.24) is 35.6 Å². The van der Waals surface area contributed by atoms with Gasteiger partial charge in [0.25, 0.3) is 5.91 Å². The molecule has 15 nitrogen and oxygen atoms in total. The van der Waals surface area contributed by atoms with Gasteiger partial charge in [0.05, 0.1) is 48.7 Å². The van der Waals surface area contributed by atoms with Crippen LogP contribution in [-0.2, 0) is 41.5 Å². The Morgan fingerprint density at radius 2 is 1.55 bits per heavy atom. The zero-order valence-corrected chi connectivity index (χ0v) is 42.6. The van der Waals surface area contributed by atoms with Gasteiger partial charge in [-0.25, -0.2) is 4.98 Å². The highest BCUT2D eigenvalue weighted by atomic mass is 32.1. The number of nitrogens with one attached hydrogen (secondary N) is 3. The van der Waals surface area contributed by atoms with Crippen LogP contribution in [0.25, 0.3) is 0 Å². The van der Waals surface area contributed by atoms with Crippen molar-refractivity contribution in [2.45, 2.75) is 129 Å². The first kappa shape index (κ1) is 54.7. The minimum atomic E-state index is -0.783. The quantitative estimate of drug-likeness (QED) is 0.0803. The highest BCUT2D eigenvalue weighted by Gasteiger charge is 2.43. The Kier molecular flexibility index (Phi) is 21.2. The maximum absolute atomic E-state index is 14.5. The molecule has 4 rings (SSSR count). The van der Waals surface area contributed by atoms with Gasteiger partial charge in [-0.15, -0.1) is 11.3 Å². The molecule has 1 aliphatic heterocycles. The van der Waals surface area contributed by atoms with Gasteiger partial charge in [0.15, 0.2) is 0 Å². The topological polar surface area (TPSA) is 183 Å². The first-order valence-electron chi connectivity index (χ1n) is 23.8. The predicted molar refractivity (Wildman–Crippen MR) is 262 cm³/mol. The van der Waals surface area contributed by atoms with Crippen LogP contribution in [0.2, 0.25) is 0 Å². The van der Waals surface area contributed by atoms with E-state index >= 15 is 0 Å². The predicted octanol–water partition coefficient (Wildman–Crippen LogP) is 5.87. The van der Waals surface area contributed by atoms with E-state index in [4.69, 9.17) is 14.5 Å². The van der Waals surface area contributed by atoms with Crippen LogP contribution < -0.4 is 16.0 Å². The van der Waals surface area contributed by atoms with Crippen molar-refractivity contribution in [3.05, 3.63) is 81.8 Å². The number of rotatable bonds is 25. The number of phenols is 1. The molecule has 0 radical (unpaired) electrons. The van der Waals surface area contributed by atoms with E-state index in [9.17, 15) is 29.1 Å². The molecule has 2 aromatic carbocycles. The number of carbonyl (C=O) groups excluding carboxylic acids is 5. The number of benzene rings is 2. The van der Waals surface area contributed by atoms with Crippen molar-refractivity contribution in [2.75, 3.05) is 48.5 Å². The van der Waals surface area contributed by atoms with Crippen molar-refractivity contribution in [1.29, 1.82) is 0 Å². The van der Waals surface area contributed by atoms with Crippen molar-refractivity contribution in [2.24, 2.45) is 23.7 Å². The summed E-state index contributed by atoms with van der Waals surface area (Å²) in [6.45, 7) is 14.5. The minimum Gasteiger partial charge on any atom is -0.508 e. The number of phenolic OH excluding ortho intramolecular Hbond substituents is 1. The third kappa shape index (κ3) is 14.8. The number of carbonyl (C=O) groups is 5. The zero-order chi connectivity index (χ0) is 49.5. The molecule has 1 aliphatic rings. The largest absolute Gasteiger partial charge is 0.508 e. The second-order valence-electron chi connectivity index (χ2n) is 19.0. The number of likely N-dealkylation sites (tertiary alicyclic amines) is 1. The molecule has 1 aromatic heterocycles. The van der Waals surface area contributed by atoms with E-state index in [0.717, 1.165) is 24.0 Å². The average molecular weight is 948 g/mol. The number of amides is 5. The Balaban J connectivity index is 1.49. The number of hydrogen-bond acceptors (Lipinski definition) is 11. The van der Waals surface area contributed by atoms with Gasteiger partial charge in [-0.1, -0.05) is 97.4 Å². The molecule has 1 fully saturated rings. The maximum Gasteiger partial charge on any atom is 0.270 e. The fraction of sp³-hybridized carbons (Fsp3) is 0.608. The second kappa shape index (κ2) is 26.0. The van der Waals surface area contributed by atoms with Crippen LogP contribution in [-0.4, -0.2) is 139 Å². The molecule has 67 heavy (non-hydrogen) atoms. The van der Waals surface area contributed by atoms with Gasteiger partial charge >= 0.3 is 0 Å². The van der Waals surface area contributed by atoms with Gasteiger partial charge in [0.1, 0.15) is 22.5 Å². The van der Waals surface area contributed by atoms with Gasteiger partial charge in [-0.3, -0.25) is 28.9 Å². The molecule has 9 atom stereocenters. The molecule has 0 saturated carbocycles. The smallest absolute Gasteiger partial charge is 0.270 e. The fourth-order valence-corrected chi connectivity index (χ4v) is 10.2.